The zero-order chi connectivity index (χ0) is 15.9. The van der Waals surface area contributed by atoms with Crippen molar-refractivity contribution in [2.45, 2.75) is 25.8 Å². The second kappa shape index (κ2) is 7.79. The minimum absolute atomic E-state index is 0.0956. The van der Waals surface area contributed by atoms with Gasteiger partial charge in [0.1, 0.15) is 5.75 Å². The molecule has 0 spiro atoms. The lowest BCUT2D eigenvalue weighted by molar-refractivity contribution is -0.147. The number of carboxylic acids is 1. The summed E-state index contributed by atoms with van der Waals surface area (Å²) in [6.45, 7) is 3.05. The van der Waals surface area contributed by atoms with Crippen molar-refractivity contribution in [3.05, 3.63) is 29.8 Å². The zero-order valence-corrected chi connectivity index (χ0v) is 12.7. The van der Waals surface area contributed by atoms with E-state index in [2.05, 4.69) is 6.92 Å². The molecule has 0 bridgehead atoms. The van der Waals surface area contributed by atoms with Crippen LogP contribution in [0, 0.1) is 0 Å². The number of amides is 1. The molecule has 1 aliphatic heterocycles. The standard InChI is InChI=1S/C16H21NO5/c1-2-12-3-5-14(6-4-12)22-11-15(18)17-7-8-21-10-13(17)9-16(19)20/h3-6,13H,2,7-11H2,1H3,(H,19,20). The molecule has 22 heavy (non-hydrogen) atoms. The molecule has 1 aliphatic rings. The quantitative estimate of drug-likeness (QED) is 0.858. The molecule has 1 N–H and O–H groups in total. The molecule has 1 unspecified atom stereocenters. The molecule has 1 fully saturated rings. The Kier molecular flexibility index (Phi) is 5.77. The van der Waals surface area contributed by atoms with Crippen LogP contribution in [0.2, 0.25) is 0 Å². The lowest BCUT2D eigenvalue weighted by atomic mass is 10.1. The number of benzene rings is 1. The monoisotopic (exact) mass is 307 g/mol. The third-order valence-electron chi connectivity index (χ3n) is 3.65. The van der Waals surface area contributed by atoms with E-state index in [-0.39, 0.29) is 25.5 Å². The predicted octanol–water partition coefficient (Wildman–Crippen LogP) is 1.33. The van der Waals surface area contributed by atoms with Gasteiger partial charge in [0.25, 0.3) is 5.91 Å². The van der Waals surface area contributed by atoms with Crippen LogP contribution in [0.5, 0.6) is 5.75 Å². The number of hydrogen-bond donors (Lipinski definition) is 1. The summed E-state index contributed by atoms with van der Waals surface area (Å²) in [6.07, 6.45) is 0.834. The van der Waals surface area contributed by atoms with Crippen molar-refractivity contribution < 1.29 is 24.2 Å². The van der Waals surface area contributed by atoms with Crippen LogP contribution in [-0.4, -0.2) is 54.3 Å². The highest BCUT2D eigenvalue weighted by molar-refractivity contribution is 5.79. The van der Waals surface area contributed by atoms with Gasteiger partial charge in [0.2, 0.25) is 0 Å². The van der Waals surface area contributed by atoms with E-state index in [1.165, 1.54) is 10.5 Å². The van der Waals surface area contributed by atoms with Gasteiger partial charge in [-0.25, -0.2) is 0 Å². The molecule has 6 heteroatoms. The number of aryl methyl sites for hydroxylation is 1. The van der Waals surface area contributed by atoms with Gasteiger partial charge in [-0.15, -0.1) is 0 Å². The van der Waals surface area contributed by atoms with Gasteiger partial charge in [0.05, 0.1) is 25.7 Å². The smallest absolute Gasteiger partial charge is 0.305 e. The summed E-state index contributed by atoms with van der Waals surface area (Å²) in [5, 5.41) is 8.90. The number of carbonyl (C=O) groups is 2. The number of nitrogens with zero attached hydrogens (tertiary/aromatic N) is 1. The van der Waals surface area contributed by atoms with Gasteiger partial charge in [0.15, 0.2) is 6.61 Å². The molecule has 0 saturated carbocycles. The topological polar surface area (TPSA) is 76.1 Å². The van der Waals surface area contributed by atoms with Gasteiger partial charge in [-0.3, -0.25) is 9.59 Å². The molecule has 1 amide bonds. The van der Waals surface area contributed by atoms with Crippen molar-refractivity contribution in [1.82, 2.24) is 4.90 Å². The first-order valence-corrected chi connectivity index (χ1v) is 7.41. The first kappa shape index (κ1) is 16.3. The maximum absolute atomic E-state index is 12.2. The highest BCUT2D eigenvalue weighted by Crippen LogP contribution is 2.14. The van der Waals surface area contributed by atoms with Crippen molar-refractivity contribution in [2.75, 3.05) is 26.4 Å². The fraction of sp³-hybridized carbons (Fsp3) is 0.500. The third-order valence-corrected chi connectivity index (χ3v) is 3.65. The van der Waals surface area contributed by atoms with Crippen LogP contribution in [0.4, 0.5) is 0 Å². The van der Waals surface area contributed by atoms with Gasteiger partial charge in [-0.1, -0.05) is 19.1 Å². The van der Waals surface area contributed by atoms with E-state index in [0.717, 1.165) is 6.42 Å². The van der Waals surface area contributed by atoms with E-state index < -0.39 is 12.0 Å². The van der Waals surface area contributed by atoms with Crippen LogP contribution < -0.4 is 4.74 Å². The Balaban J connectivity index is 1.90. The highest BCUT2D eigenvalue weighted by atomic mass is 16.5. The molecule has 1 heterocycles. The summed E-state index contributed by atoms with van der Waals surface area (Å²) in [6, 6.07) is 7.16. The van der Waals surface area contributed by atoms with Crippen LogP contribution in [-0.2, 0) is 20.7 Å². The second-order valence-electron chi connectivity index (χ2n) is 5.20. The summed E-state index contributed by atoms with van der Waals surface area (Å²) in [7, 11) is 0. The van der Waals surface area contributed by atoms with E-state index in [1.54, 1.807) is 0 Å². The molecule has 2 rings (SSSR count). The SMILES string of the molecule is CCc1ccc(OCC(=O)N2CCOCC2CC(=O)O)cc1. The average molecular weight is 307 g/mol. The highest BCUT2D eigenvalue weighted by Gasteiger charge is 2.29. The number of rotatable bonds is 6. The molecule has 1 aromatic carbocycles. The Hall–Kier alpha value is -2.08. The lowest BCUT2D eigenvalue weighted by Crippen LogP contribution is -2.51. The minimum atomic E-state index is -0.940. The van der Waals surface area contributed by atoms with E-state index in [1.807, 2.05) is 24.3 Å². The number of morpholine rings is 1. The summed E-state index contributed by atoms with van der Waals surface area (Å²) < 4.78 is 10.7. The summed E-state index contributed by atoms with van der Waals surface area (Å²) in [5.41, 5.74) is 1.20. The fourth-order valence-corrected chi connectivity index (χ4v) is 2.40. The summed E-state index contributed by atoms with van der Waals surface area (Å²) >= 11 is 0. The van der Waals surface area contributed by atoms with Gasteiger partial charge in [0, 0.05) is 6.54 Å². The van der Waals surface area contributed by atoms with Crippen LogP contribution in [0.15, 0.2) is 24.3 Å². The third kappa shape index (κ3) is 4.46. The van der Waals surface area contributed by atoms with Gasteiger partial charge in [-0.2, -0.15) is 0 Å². The Morgan fingerprint density at radius 3 is 2.73 bits per heavy atom. The van der Waals surface area contributed by atoms with Gasteiger partial charge in [-0.05, 0) is 24.1 Å². The Labute approximate surface area is 129 Å². The first-order valence-electron chi connectivity index (χ1n) is 7.41. The number of hydrogen-bond acceptors (Lipinski definition) is 4. The van der Waals surface area contributed by atoms with E-state index in [4.69, 9.17) is 14.6 Å². The molecule has 0 aromatic heterocycles. The van der Waals surface area contributed by atoms with E-state index in [0.29, 0.717) is 18.9 Å². The normalized spacial score (nSPS) is 18.0. The molecule has 0 aliphatic carbocycles. The Morgan fingerprint density at radius 2 is 2.09 bits per heavy atom. The molecule has 1 atom stereocenters. The van der Waals surface area contributed by atoms with Crippen molar-refractivity contribution >= 4 is 11.9 Å². The Morgan fingerprint density at radius 1 is 1.36 bits per heavy atom. The molecule has 0 radical (unpaired) electrons. The maximum Gasteiger partial charge on any atom is 0.305 e. The van der Waals surface area contributed by atoms with Gasteiger partial charge < -0.3 is 19.5 Å². The Bertz CT molecular complexity index is 514. The maximum atomic E-state index is 12.2. The van der Waals surface area contributed by atoms with Crippen LogP contribution in [0.25, 0.3) is 0 Å². The van der Waals surface area contributed by atoms with Crippen LogP contribution in [0.1, 0.15) is 18.9 Å². The predicted molar refractivity (Wildman–Crippen MR) is 79.9 cm³/mol. The number of carbonyl (C=O) groups excluding carboxylic acids is 1. The number of ether oxygens (including phenoxy) is 2. The van der Waals surface area contributed by atoms with E-state index in [9.17, 15) is 9.59 Å². The van der Waals surface area contributed by atoms with Crippen LogP contribution >= 0.6 is 0 Å². The van der Waals surface area contributed by atoms with E-state index >= 15 is 0 Å². The zero-order valence-electron chi connectivity index (χ0n) is 12.7. The molecular weight excluding hydrogens is 286 g/mol. The summed E-state index contributed by atoms with van der Waals surface area (Å²) in [5.74, 6) is -0.521. The molecule has 6 nitrogen and oxygen atoms in total. The number of carboxylic acid groups (broad SMARTS) is 1. The van der Waals surface area contributed by atoms with Crippen molar-refractivity contribution in [3.63, 3.8) is 0 Å². The molecule has 1 saturated heterocycles. The molecule has 1 aromatic rings. The van der Waals surface area contributed by atoms with Crippen LogP contribution in [0.3, 0.4) is 0 Å². The van der Waals surface area contributed by atoms with Crippen molar-refractivity contribution in [2.24, 2.45) is 0 Å². The second-order valence-corrected chi connectivity index (χ2v) is 5.20. The fourth-order valence-electron chi connectivity index (χ4n) is 2.40. The lowest BCUT2D eigenvalue weighted by Gasteiger charge is -2.34. The first-order chi connectivity index (χ1) is 10.6. The van der Waals surface area contributed by atoms with Crippen molar-refractivity contribution in [1.29, 1.82) is 0 Å². The summed E-state index contributed by atoms with van der Waals surface area (Å²) in [4.78, 5) is 24.6. The minimum Gasteiger partial charge on any atom is -0.484 e. The number of aliphatic carboxylic acids is 1. The molecule has 120 valence electrons. The van der Waals surface area contributed by atoms with Gasteiger partial charge >= 0.3 is 5.97 Å². The average Bonchev–Trinajstić information content (AvgIpc) is 2.53. The molecular formula is C16H21NO5. The largest absolute Gasteiger partial charge is 0.484 e. The van der Waals surface area contributed by atoms with Crippen molar-refractivity contribution in [3.8, 4) is 5.75 Å².